The number of benzene rings is 1. The van der Waals surface area contributed by atoms with E-state index >= 15 is 0 Å². The Bertz CT molecular complexity index is 721. The molecule has 1 aliphatic heterocycles. The fourth-order valence-electron chi connectivity index (χ4n) is 3.00. The summed E-state index contributed by atoms with van der Waals surface area (Å²) in [5.74, 6) is -1.76. The minimum absolute atomic E-state index is 0.00905. The van der Waals surface area contributed by atoms with Crippen LogP contribution in [-0.2, 0) is 20.6 Å². The molecule has 1 aliphatic rings. The molecule has 9 heteroatoms. The van der Waals surface area contributed by atoms with E-state index in [1.807, 2.05) is 0 Å². The summed E-state index contributed by atoms with van der Waals surface area (Å²) in [5.41, 5.74) is -0.745. The first kappa shape index (κ1) is 20.7. The SMILES string of the molecule is CCNC(=O)CN(CC)C(=O)[C@@H]1CC(=O)N(c2cccc(C(F)(F)F)c2)C1. The smallest absolute Gasteiger partial charge is 0.355 e. The highest BCUT2D eigenvalue weighted by atomic mass is 19.4. The van der Waals surface area contributed by atoms with Gasteiger partial charge in [0, 0.05) is 31.7 Å². The Morgan fingerprint density at radius 3 is 2.59 bits per heavy atom. The summed E-state index contributed by atoms with van der Waals surface area (Å²) in [4.78, 5) is 39.2. The third kappa shape index (κ3) is 4.99. The van der Waals surface area contributed by atoms with Crippen LogP contribution in [0.3, 0.4) is 0 Å². The number of rotatable bonds is 6. The lowest BCUT2D eigenvalue weighted by atomic mass is 10.1. The molecule has 2 rings (SSSR count). The molecule has 0 saturated carbocycles. The Kier molecular flexibility index (Phi) is 6.45. The van der Waals surface area contributed by atoms with E-state index in [2.05, 4.69) is 5.32 Å². The van der Waals surface area contributed by atoms with Crippen LogP contribution in [-0.4, -0.2) is 48.8 Å². The minimum Gasteiger partial charge on any atom is -0.355 e. The highest BCUT2D eigenvalue weighted by Crippen LogP contribution is 2.33. The summed E-state index contributed by atoms with van der Waals surface area (Å²) < 4.78 is 38.7. The van der Waals surface area contributed by atoms with Crippen LogP contribution in [0.4, 0.5) is 18.9 Å². The number of nitrogens with one attached hydrogen (secondary N) is 1. The van der Waals surface area contributed by atoms with Gasteiger partial charge in [0.15, 0.2) is 0 Å². The molecule has 0 bridgehead atoms. The summed E-state index contributed by atoms with van der Waals surface area (Å²) >= 11 is 0. The molecule has 3 amide bonds. The Balaban J connectivity index is 2.12. The molecule has 148 valence electrons. The maximum Gasteiger partial charge on any atom is 0.416 e. The number of hydrogen-bond donors (Lipinski definition) is 1. The zero-order chi connectivity index (χ0) is 20.2. The average Bonchev–Trinajstić information content (AvgIpc) is 3.00. The van der Waals surface area contributed by atoms with Crippen molar-refractivity contribution in [3.05, 3.63) is 29.8 Å². The molecule has 0 aliphatic carbocycles. The molecule has 1 saturated heterocycles. The van der Waals surface area contributed by atoms with Crippen molar-refractivity contribution >= 4 is 23.4 Å². The fourth-order valence-corrected chi connectivity index (χ4v) is 3.00. The van der Waals surface area contributed by atoms with Gasteiger partial charge in [-0.2, -0.15) is 13.2 Å². The summed E-state index contributed by atoms with van der Waals surface area (Å²) in [6.45, 7) is 4.10. The molecule has 0 aromatic heterocycles. The molecule has 1 N–H and O–H groups in total. The van der Waals surface area contributed by atoms with Crippen molar-refractivity contribution in [3.63, 3.8) is 0 Å². The molecule has 0 unspecified atom stereocenters. The van der Waals surface area contributed by atoms with Crippen LogP contribution in [0, 0.1) is 5.92 Å². The molecule has 0 radical (unpaired) electrons. The first-order valence-corrected chi connectivity index (χ1v) is 8.70. The average molecular weight is 385 g/mol. The second kappa shape index (κ2) is 8.41. The van der Waals surface area contributed by atoms with E-state index in [0.717, 1.165) is 12.1 Å². The molecule has 1 aromatic rings. The normalized spacial score (nSPS) is 17.1. The van der Waals surface area contributed by atoms with Crippen molar-refractivity contribution in [2.24, 2.45) is 5.92 Å². The number of likely N-dealkylation sites (N-methyl/N-ethyl adjacent to an activating group) is 2. The van der Waals surface area contributed by atoms with Gasteiger partial charge in [-0.25, -0.2) is 0 Å². The van der Waals surface area contributed by atoms with Crippen molar-refractivity contribution in [1.82, 2.24) is 10.2 Å². The van der Waals surface area contributed by atoms with Crippen molar-refractivity contribution in [1.29, 1.82) is 0 Å². The van der Waals surface area contributed by atoms with Crippen molar-refractivity contribution in [2.45, 2.75) is 26.4 Å². The molecular formula is C18H22F3N3O3. The van der Waals surface area contributed by atoms with Crippen molar-refractivity contribution in [2.75, 3.05) is 31.1 Å². The zero-order valence-corrected chi connectivity index (χ0v) is 15.2. The monoisotopic (exact) mass is 385 g/mol. The summed E-state index contributed by atoms with van der Waals surface area (Å²) in [6.07, 6.45) is -4.61. The van der Waals surface area contributed by atoms with E-state index in [0.29, 0.717) is 13.1 Å². The second-order valence-electron chi connectivity index (χ2n) is 6.26. The number of anilines is 1. The lowest BCUT2D eigenvalue weighted by Crippen LogP contribution is -2.43. The fraction of sp³-hybridized carbons (Fsp3) is 0.500. The molecule has 27 heavy (non-hydrogen) atoms. The maximum atomic E-state index is 12.9. The van der Waals surface area contributed by atoms with Gasteiger partial charge in [0.2, 0.25) is 17.7 Å². The molecule has 1 heterocycles. The first-order valence-electron chi connectivity index (χ1n) is 8.70. The highest BCUT2D eigenvalue weighted by molar-refractivity contribution is 6.00. The molecule has 1 atom stereocenters. The summed E-state index contributed by atoms with van der Waals surface area (Å²) in [6, 6.07) is 4.47. The van der Waals surface area contributed by atoms with Gasteiger partial charge >= 0.3 is 6.18 Å². The predicted octanol–water partition coefficient (Wildman–Crippen LogP) is 2.04. The molecule has 0 spiro atoms. The number of carbonyl (C=O) groups is 3. The molecule has 6 nitrogen and oxygen atoms in total. The van der Waals surface area contributed by atoms with E-state index in [9.17, 15) is 27.6 Å². The Hall–Kier alpha value is -2.58. The van der Waals surface area contributed by atoms with Gasteiger partial charge in [-0.3, -0.25) is 14.4 Å². The lowest BCUT2D eigenvalue weighted by molar-refractivity contribution is -0.139. The number of alkyl halides is 3. The van der Waals surface area contributed by atoms with E-state index < -0.39 is 23.6 Å². The molecule has 1 aromatic carbocycles. The largest absolute Gasteiger partial charge is 0.416 e. The predicted molar refractivity (Wildman–Crippen MR) is 92.8 cm³/mol. The van der Waals surface area contributed by atoms with Crippen LogP contribution in [0.25, 0.3) is 0 Å². The Labute approximate surface area is 155 Å². The van der Waals surface area contributed by atoms with Crippen molar-refractivity contribution < 1.29 is 27.6 Å². The molecular weight excluding hydrogens is 363 g/mol. The number of halogens is 3. The standard InChI is InChI=1S/C18H22F3N3O3/c1-3-22-15(25)11-23(4-2)17(27)12-8-16(26)24(10-12)14-7-5-6-13(9-14)18(19,20)21/h5-7,9,12H,3-4,8,10-11H2,1-2H3,(H,22,25)/t12-/m1/s1. The second-order valence-corrected chi connectivity index (χ2v) is 6.26. The van der Waals surface area contributed by atoms with Gasteiger partial charge in [0.05, 0.1) is 18.0 Å². The van der Waals surface area contributed by atoms with Crippen molar-refractivity contribution in [3.8, 4) is 0 Å². The number of nitrogens with zero attached hydrogens (tertiary/aromatic N) is 2. The van der Waals surface area contributed by atoms with Crippen LogP contribution in [0.15, 0.2) is 24.3 Å². The molecule has 1 fully saturated rings. The summed E-state index contributed by atoms with van der Waals surface area (Å²) in [5, 5.41) is 2.60. The van der Waals surface area contributed by atoms with Gasteiger partial charge in [-0.15, -0.1) is 0 Å². The van der Waals surface area contributed by atoms with E-state index in [4.69, 9.17) is 0 Å². The highest BCUT2D eigenvalue weighted by Gasteiger charge is 2.38. The maximum absolute atomic E-state index is 12.9. The van der Waals surface area contributed by atoms with Gasteiger partial charge in [-0.05, 0) is 32.0 Å². The van der Waals surface area contributed by atoms with Crippen LogP contribution >= 0.6 is 0 Å². The Morgan fingerprint density at radius 1 is 1.30 bits per heavy atom. The van der Waals surface area contributed by atoms with Crippen LogP contribution in [0.5, 0.6) is 0 Å². The minimum atomic E-state index is -4.51. The van der Waals surface area contributed by atoms with E-state index in [1.165, 1.54) is 21.9 Å². The number of carbonyl (C=O) groups excluding carboxylic acids is 3. The zero-order valence-electron chi connectivity index (χ0n) is 15.2. The number of hydrogen-bond acceptors (Lipinski definition) is 3. The Morgan fingerprint density at radius 2 is 2.00 bits per heavy atom. The van der Waals surface area contributed by atoms with Gasteiger partial charge in [0.25, 0.3) is 0 Å². The van der Waals surface area contributed by atoms with Gasteiger partial charge in [0.1, 0.15) is 0 Å². The van der Waals surface area contributed by atoms with Gasteiger partial charge in [-0.1, -0.05) is 6.07 Å². The van der Waals surface area contributed by atoms with Crippen LogP contribution < -0.4 is 10.2 Å². The third-order valence-corrected chi connectivity index (χ3v) is 4.36. The number of amides is 3. The van der Waals surface area contributed by atoms with E-state index in [1.54, 1.807) is 13.8 Å². The first-order chi connectivity index (χ1) is 12.7. The van der Waals surface area contributed by atoms with E-state index in [-0.39, 0.29) is 37.0 Å². The third-order valence-electron chi connectivity index (χ3n) is 4.36. The topological polar surface area (TPSA) is 69.7 Å². The van der Waals surface area contributed by atoms with Crippen LogP contribution in [0.2, 0.25) is 0 Å². The van der Waals surface area contributed by atoms with Crippen LogP contribution in [0.1, 0.15) is 25.8 Å². The summed E-state index contributed by atoms with van der Waals surface area (Å²) in [7, 11) is 0. The van der Waals surface area contributed by atoms with Gasteiger partial charge < -0.3 is 15.1 Å². The lowest BCUT2D eigenvalue weighted by Gasteiger charge is -2.24. The quantitative estimate of drug-likeness (QED) is 0.815.